The third kappa shape index (κ3) is 9.42. The lowest BCUT2D eigenvalue weighted by Gasteiger charge is -2.19. The summed E-state index contributed by atoms with van der Waals surface area (Å²) in [6, 6.07) is 15.3. The van der Waals surface area contributed by atoms with Gasteiger partial charge in [0.25, 0.3) is 11.8 Å². The van der Waals surface area contributed by atoms with Gasteiger partial charge in [-0.1, -0.05) is 57.8 Å². The predicted molar refractivity (Wildman–Crippen MR) is 151 cm³/mol. The average molecular weight is 537 g/mol. The summed E-state index contributed by atoms with van der Waals surface area (Å²) < 4.78 is 16.5. The molecule has 39 heavy (non-hydrogen) atoms. The van der Waals surface area contributed by atoms with Crippen molar-refractivity contribution in [1.82, 2.24) is 15.5 Å². The van der Waals surface area contributed by atoms with E-state index in [1.165, 1.54) is 5.56 Å². The Hall–Kier alpha value is -3.88. The molecule has 210 valence electrons. The first kappa shape index (κ1) is 29.7. The highest BCUT2D eigenvalue weighted by Crippen LogP contribution is 2.26. The van der Waals surface area contributed by atoms with Crippen molar-refractivity contribution in [2.45, 2.75) is 71.8 Å². The van der Waals surface area contributed by atoms with Gasteiger partial charge in [0.05, 0.1) is 19.1 Å². The van der Waals surface area contributed by atoms with Crippen molar-refractivity contribution >= 4 is 17.6 Å². The molecular formula is C30H40N4O5. The molecule has 1 aromatic heterocycles. The lowest BCUT2D eigenvalue weighted by atomic mass is 9.87. The Kier molecular flexibility index (Phi) is 10.9. The van der Waals surface area contributed by atoms with E-state index in [4.69, 9.17) is 13.9 Å². The molecule has 2 N–H and O–H groups in total. The van der Waals surface area contributed by atoms with Crippen LogP contribution >= 0.6 is 0 Å². The molecule has 1 atom stereocenters. The van der Waals surface area contributed by atoms with Gasteiger partial charge in [0, 0.05) is 23.4 Å². The molecule has 0 radical (unpaired) electrons. The minimum atomic E-state index is -0.329. The molecule has 0 fully saturated rings. The van der Waals surface area contributed by atoms with Gasteiger partial charge in [0.1, 0.15) is 6.61 Å². The molecular weight excluding hydrogens is 496 g/mol. The number of amides is 1. The Morgan fingerprint density at radius 1 is 1.00 bits per heavy atom. The van der Waals surface area contributed by atoms with Crippen molar-refractivity contribution in [3.63, 3.8) is 0 Å². The van der Waals surface area contributed by atoms with E-state index in [-0.39, 0.29) is 42.4 Å². The maximum Gasteiger partial charge on any atom is 0.414 e. The third-order valence-corrected chi connectivity index (χ3v) is 6.16. The van der Waals surface area contributed by atoms with Crippen molar-refractivity contribution in [3.8, 4) is 17.5 Å². The molecule has 1 amide bonds. The average Bonchev–Trinajstić information content (AvgIpc) is 3.39. The van der Waals surface area contributed by atoms with Crippen LogP contribution < -0.4 is 15.4 Å². The summed E-state index contributed by atoms with van der Waals surface area (Å²) >= 11 is 0. The van der Waals surface area contributed by atoms with Crippen molar-refractivity contribution < 1.29 is 23.5 Å². The minimum Gasteiger partial charge on any atom is -0.466 e. The van der Waals surface area contributed by atoms with E-state index in [0.717, 1.165) is 30.5 Å². The third-order valence-electron chi connectivity index (χ3n) is 6.16. The zero-order chi connectivity index (χ0) is 28.3. The first-order valence-electron chi connectivity index (χ1n) is 13.6. The summed E-state index contributed by atoms with van der Waals surface area (Å²) in [5.41, 5.74) is 3.53. The normalized spacial score (nSPS) is 12.0. The van der Waals surface area contributed by atoms with Crippen molar-refractivity contribution in [2.24, 2.45) is 0 Å². The van der Waals surface area contributed by atoms with Crippen LogP contribution in [-0.2, 0) is 14.9 Å². The zero-order valence-corrected chi connectivity index (χ0v) is 23.6. The predicted octanol–water partition coefficient (Wildman–Crippen LogP) is 5.77. The maximum atomic E-state index is 12.4. The standard InChI is InChI=1S/C30H40N4O5/c1-6-8-9-25(32-24-16-12-21(13-17-24)27(36)31-19-18-26(35)37-7-2)20-38-29-34-33-28(39-29)22-10-14-23(15-11-22)30(3,4)5/h10-17,25,32H,6-9,18-20H2,1-5H3,(H,31,36)/t25-/m0/s1. The number of anilines is 1. The van der Waals surface area contributed by atoms with Crippen LogP contribution in [0.15, 0.2) is 52.9 Å². The summed E-state index contributed by atoms with van der Waals surface area (Å²) in [5, 5.41) is 14.4. The number of carbonyl (C=O) groups excluding carboxylic acids is 2. The van der Waals surface area contributed by atoms with Crippen LogP contribution in [0.2, 0.25) is 0 Å². The molecule has 0 aliphatic carbocycles. The van der Waals surface area contributed by atoms with E-state index in [0.29, 0.717) is 24.7 Å². The fourth-order valence-corrected chi connectivity index (χ4v) is 3.88. The smallest absolute Gasteiger partial charge is 0.414 e. The SMILES string of the molecule is CCCC[C@@H](COc1nnc(-c2ccc(C(C)(C)C)cc2)o1)Nc1ccc(C(=O)NCCC(=O)OCC)cc1. The Morgan fingerprint density at radius 2 is 1.72 bits per heavy atom. The number of esters is 1. The molecule has 3 aromatic rings. The van der Waals surface area contributed by atoms with Gasteiger partial charge < -0.3 is 24.5 Å². The van der Waals surface area contributed by atoms with Gasteiger partial charge in [-0.25, -0.2) is 0 Å². The Morgan fingerprint density at radius 3 is 2.36 bits per heavy atom. The number of unbranched alkanes of at least 4 members (excludes halogenated alkanes) is 1. The van der Waals surface area contributed by atoms with Gasteiger partial charge >= 0.3 is 12.0 Å². The summed E-state index contributed by atoms with van der Waals surface area (Å²) in [7, 11) is 0. The number of ether oxygens (including phenoxy) is 2. The quantitative estimate of drug-likeness (QED) is 0.250. The van der Waals surface area contributed by atoms with Crippen LogP contribution in [-0.4, -0.2) is 47.9 Å². The molecule has 0 saturated carbocycles. The van der Waals surface area contributed by atoms with Crippen LogP contribution in [0.1, 0.15) is 76.2 Å². The molecule has 9 heteroatoms. The number of rotatable bonds is 14. The summed E-state index contributed by atoms with van der Waals surface area (Å²) in [6.07, 6.45) is 3.24. The van der Waals surface area contributed by atoms with Crippen LogP contribution in [0.25, 0.3) is 11.5 Å². The fraction of sp³-hybridized carbons (Fsp3) is 0.467. The number of benzene rings is 2. The van der Waals surface area contributed by atoms with Crippen molar-refractivity contribution in [3.05, 3.63) is 59.7 Å². The maximum absolute atomic E-state index is 12.4. The number of aromatic nitrogens is 2. The molecule has 9 nitrogen and oxygen atoms in total. The van der Waals surface area contributed by atoms with Crippen LogP contribution in [0.4, 0.5) is 5.69 Å². The Bertz CT molecular complexity index is 1180. The van der Waals surface area contributed by atoms with Gasteiger partial charge in [-0.05, 0) is 60.7 Å². The van der Waals surface area contributed by atoms with Crippen molar-refractivity contribution in [1.29, 1.82) is 0 Å². The van der Waals surface area contributed by atoms with Crippen LogP contribution in [0, 0.1) is 0 Å². The highest BCUT2D eigenvalue weighted by atomic mass is 16.6. The molecule has 2 aromatic carbocycles. The minimum absolute atomic E-state index is 0.00984. The monoisotopic (exact) mass is 536 g/mol. The van der Waals surface area contributed by atoms with E-state index in [1.54, 1.807) is 19.1 Å². The summed E-state index contributed by atoms with van der Waals surface area (Å²) in [5.74, 6) is -0.152. The molecule has 0 saturated heterocycles. The second kappa shape index (κ2) is 14.3. The molecule has 3 rings (SSSR count). The fourth-order valence-electron chi connectivity index (χ4n) is 3.88. The van der Waals surface area contributed by atoms with E-state index >= 15 is 0 Å². The van der Waals surface area contributed by atoms with E-state index < -0.39 is 0 Å². The highest BCUT2D eigenvalue weighted by molar-refractivity contribution is 5.94. The van der Waals surface area contributed by atoms with Gasteiger partial charge in [0.2, 0.25) is 0 Å². The number of nitrogens with zero attached hydrogens (tertiary/aromatic N) is 2. The second-order valence-electron chi connectivity index (χ2n) is 10.4. The summed E-state index contributed by atoms with van der Waals surface area (Å²) in [4.78, 5) is 23.8. The Balaban J connectivity index is 1.54. The van der Waals surface area contributed by atoms with Gasteiger partial charge in [-0.2, -0.15) is 0 Å². The number of hydrogen-bond donors (Lipinski definition) is 2. The zero-order valence-electron chi connectivity index (χ0n) is 23.6. The summed E-state index contributed by atoms with van der Waals surface area (Å²) in [6.45, 7) is 11.3. The van der Waals surface area contributed by atoms with Crippen LogP contribution in [0.5, 0.6) is 6.08 Å². The van der Waals surface area contributed by atoms with Crippen LogP contribution in [0.3, 0.4) is 0 Å². The molecule has 0 aliphatic heterocycles. The van der Waals surface area contributed by atoms with E-state index in [1.807, 2.05) is 24.3 Å². The van der Waals surface area contributed by atoms with Gasteiger partial charge in [0.15, 0.2) is 0 Å². The topological polar surface area (TPSA) is 116 Å². The van der Waals surface area contributed by atoms with Gasteiger partial charge in [-0.15, -0.1) is 5.10 Å². The highest BCUT2D eigenvalue weighted by Gasteiger charge is 2.17. The largest absolute Gasteiger partial charge is 0.466 e. The molecule has 1 heterocycles. The lowest BCUT2D eigenvalue weighted by molar-refractivity contribution is -0.142. The first-order chi connectivity index (χ1) is 18.7. The first-order valence-corrected chi connectivity index (χ1v) is 13.6. The second-order valence-corrected chi connectivity index (χ2v) is 10.4. The number of nitrogens with one attached hydrogen (secondary N) is 2. The molecule has 0 bridgehead atoms. The Labute approximate surface area is 230 Å². The molecule has 0 unspecified atom stereocenters. The molecule has 0 aliphatic rings. The van der Waals surface area contributed by atoms with E-state index in [2.05, 4.69) is 60.7 Å². The lowest BCUT2D eigenvalue weighted by Crippen LogP contribution is -2.28. The number of carbonyl (C=O) groups is 2. The number of hydrogen-bond acceptors (Lipinski definition) is 8. The molecule has 0 spiro atoms. The van der Waals surface area contributed by atoms with Crippen molar-refractivity contribution in [2.75, 3.05) is 25.1 Å². The van der Waals surface area contributed by atoms with Gasteiger partial charge in [-0.3, -0.25) is 9.59 Å². The van der Waals surface area contributed by atoms with E-state index in [9.17, 15) is 9.59 Å².